The summed E-state index contributed by atoms with van der Waals surface area (Å²) < 4.78 is 5.31. The standard InChI is InChI=1S/C17H30N4O/c1-4-22-15-9-13-20-17(18-2)19-12-8-14-21(3)16-10-6-5-7-11-16/h5-7,10-11H,4,8-9,12-15H2,1-3H3,(H2,18,19,20). The van der Waals surface area contributed by atoms with Gasteiger partial charge in [-0.2, -0.15) is 0 Å². The summed E-state index contributed by atoms with van der Waals surface area (Å²) in [5.41, 5.74) is 1.25. The molecule has 0 amide bonds. The van der Waals surface area contributed by atoms with E-state index < -0.39 is 0 Å². The molecule has 0 atom stereocenters. The average molecular weight is 306 g/mol. The van der Waals surface area contributed by atoms with Crippen molar-refractivity contribution >= 4 is 11.6 Å². The maximum atomic E-state index is 5.31. The van der Waals surface area contributed by atoms with Crippen molar-refractivity contribution in [3.63, 3.8) is 0 Å². The van der Waals surface area contributed by atoms with Crippen LogP contribution in [0.1, 0.15) is 19.8 Å². The van der Waals surface area contributed by atoms with Crippen LogP contribution in [0.25, 0.3) is 0 Å². The molecule has 1 aromatic carbocycles. The summed E-state index contributed by atoms with van der Waals surface area (Å²) in [6.45, 7) is 6.38. The van der Waals surface area contributed by atoms with Crippen LogP contribution in [-0.4, -0.2) is 52.9 Å². The molecule has 5 nitrogen and oxygen atoms in total. The average Bonchev–Trinajstić information content (AvgIpc) is 2.57. The van der Waals surface area contributed by atoms with Crippen LogP contribution in [0.3, 0.4) is 0 Å². The number of benzene rings is 1. The number of hydrogen-bond donors (Lipinski definition) is 2. The molecule has 0 aliphatic heterocycles. The summed E-state index contributed by atoms with van der Waals surface area (Å²) in [7, 11) is 3.92. The molecule has 0 radical (unpaired) electrons. The van der Waals surface area contributed by atoms with Crippen LogP contribution < -0.4 is 15.5 Å². The van der Waals surface area contributed by atoms with E-state index in [-0.39, 0.29) is 0 Å². The summed E-state index contributed by atoms with van der Waals surface area (Å²) in [6.07, 6.45) is 2.05. The molecule has 1 aromatic rings. The van der Waals surface area contributed by atoms with Gasteiger partial charge >= 0.3 is 0 Å². The van der Waals surface area contributed by atoms with Gasteiger partial charge in [-0.25, -0.2) is 0 Å². The van der Waals surface area contributed by atoms with Crippen molar-refractivity contribution in [2.75, 3.05) is 51.8 Å². The van der Waals surface area contributed by atoms with Gasteiger partial charge in [0.1, 0.15) is 0 Å². The van der Waals surface area contributed by atoms with Crippen molar-refractivity contribution in [3.05, 3.63) is 30.3 Å². The van der Waals surface area contributed by atoms with Crippen LogP contribution in [0.15, 0.2) is 35.3 Å². The number of nitrogens with one attached hydrogen (secondary N) is 2. The summed E-state index contributed by atoms with van der Waals surface area (Å²) in [4.78, 5) is 6.48. The fourth-order valence-corrected chi connectivity index (χ4v) is 2.08. The Morgan fingerprint density at radius 1 is 1.14 bits per heavy atom. The Kier molecular flexibility index (Phi) is 9.87. The highest BCUT2D eigenvalue weighted by Crippen LogP contribution is 2.10. The molecule has 0 saturated carbocycles. The highest BCUT2D eigenvalue weighted by atomic mass is 16.5. The van der Waals surface area contributed by atoms with E-state index in [1.807, 2.05) is 13.0 Å². The molecular formula is C17H30N4O. The summed E-state index contributed by atoms with van der Waals surface area (Å²) in [5.74, 6) is 0.860. The van der Waals surface area contributed by atoms with Crippen molar-refractivity contribution in [2.45, 2.75) is 19.8 Å². The van der Waals surface area contributed by atoms with E-state index in [0.29, 0.717) is 0 Å². The molecule has 22 heavy (non-hydrogen) atoms. The van der Waals surface area contributed by atoms with Crippen LogP contribution in [-0.2, 0) is 4.74 Å². The maximum Gasteiger partial charge on any atom is 0.190 e. The number of rotatable bonds is 10. The lowest BCUT2D eigenvalue weighted by molar-refractivity contribution is 0.145. The third-order valence-corrected chi connectivity index (χ3v) is 3.35. The Bertz CT molecular complexity index is 408. The number of nitrogens with zero attached hydrogens (tertiary/aromatic N) is 2. The van der Waals surface area contributed by atoms with Gasteiger partial charge in [-0.1, -0.05) is 18.2 Å². The quantitative estimate of drug-likeness (QED) is 0.395. The second-order valence-electron chi connectivity index (χ2n) is 5.09. The topological polar surface area (TPSA) is 48.9 Å². The number of guanidine groups is 1. The summed E-state index contributed by atoms with van der Waals surface area (Å²) in [5, 5.41) is 6.63. The van der Waals surface area contributed by atoms with Gasteiger partial charge in [0.25, 0.3) is 0 Å². The normalized spacial score (nSPS) is 11.3. The zero-order valence-electron chi connectivity index (χ0n) is 14.1. The molecule has 0 aromatic heterocycles. The third-order valence-electron chi connectivity index (χ3n) is 3.35. The van der Waals surface area contributed by atoms with E-state index in [1.54, 1.807) is 7.05 Å². The van der Waals surface area contributed by atoms with Crippen molar-refractivity contribution < 1.29 is 4.74 Å². The van der Waals surface area contributed by atoms with E-state index in [0.717, 1.165) is 51.6 Å². The molecule has 0 fully saturated rings. The predicted octanol–water partition coefficient (Wildman–Crippen LogP) is 2.10. The van der Waals surface area contributed by atoms with Crippen LogP contribution in [0.5, 0.6) is 0 Å². The molecule has 0 bridgehead atoms. The lowest BCUT2D eigenvalue weighted by atomic mass is 10.3. The van der Waals surface area contributed by atoms with Crippen molar-refractivity contribution in [2.24, 2.45) is 4.99 Å². The molecule has 0 heterocycles. The van der Waals surface area contributed by atoms with Gasteiger partial charge in [0, 0.05) is 52.6 Å². The van der Waals surface area contributed by atoms with E-state index in [1.165, 1.54) is 5.69 Å². The molecule has 1 rings (SSSR count). The molecule has 5 heteroatoms. The second kappa shape index (κ2) is 11.9. The molecule has 124 valence electrons. The fourth-order valence-electron chi connectivity index (χ4n) is 2.08. The van der Waals surface area contributed by atoms with Gasteiger partial charge in [-0.05, 0) is 31.9 Å². The zero-order chi connectivity index (χ0) is 16.0. The zero-order valence-corrected chi connectivity index (χ0v) is 14.1. The molecule has 0 unspecified atom stereocenters. The Morgan fingerprint density at radius 3 is 2.45 bits per heavy atom. The smallest absolute Gasteiger partial charge is 0.190 e. The molecular weight excluding hydrogens is 276 g/mol. The maximum absolute atomic E-state index is 5.31. The van der Waals surface area contributed by atoms with Gasteiger partial charge in [0.15, 0.2) is 5.96 Å². The Hall–Kier alpha value is -1.75. The van der Waals surface area contributed by atoms with Gasteiger partial charge in [0.05, 0.1) is 0 Å². The number of ether oxygens (including phenoxy) is 1. The van der Waals surface area contributed by atoms with Crippen LogP contribution in [0.2, 0.25) is 0 Å². The second-order valence-corrected chi connectivity index (χ2v) is 5.09. The molecule has 0 aliphatic rings. The van der Waals surface area contributed by atoms with Gasteiger partial charge in [-0.15, -0.1) is 0 Å². The number of anilines is 1. The molecule has 2 N–H and O–H groups in total. The molecule has 0 spiro atoms. The fraction of sp³-hybridized carbons (Fsp3) is 0.588. The van der Waals surface area contributed by atoms with Crippen LogP contribution in [0, 0.1) is 0 Å². The summed E-state index contributed by atoms with van der Waals surface area (Å²) >= 11 is 0. The minimum atomic E-state index is 0.780. The minimum Gasteiger partial charge on any atom is -0.382 e. The van der Waals surface area contributed by atoms with Gasteiger partial charge in [-0.3, -0.25) is 4.99 Å². The first-order valence-corrected chi connectivity index (χ1v) is 8.06. The van der Waals surface area contributed by atoms with E-state index in [9.17, 15) is 0 Å². The van der Waals surface area contributed by atoms with E-state index in [4.69, 9.17) is 4.74 Å². The largest absolute Gasteiger partial charge is 0.382 e. The first-order chi connectivity index (χ1) is 10.8. The van der Waals surface area contributed by atoms with Crippen LogP contribution >= 0.6 is 0 Å². The number of aliphatic imine (C=N–C) groups is 1. The van der Waals surface area contributed by atoms with Gasteiger partial charge in [0.2, 0.25) is 0 Å². The SMILES string of the molecule is CCOCCCNC(=NC)NCCCN(C)c1ccccc1. The van der Waals surface area contributed by atoms with Crippen molar-refractivity contribution in [3.8, 4) is 0 Å². The first kappa shape index (κ1) is 18.3. The Balaban J connectivity index is 2.11. The predicted molar refractivity (Wildman–Crippen MR) is 94.8 cm³/mol. The van der Waals surface area contributed by atoms with Gasteiger partial charge < -0.3 is 20.3 Å². The van der Waals surface area contributed by atoms with E-state index >= 15 is 0 Å². The molecule has 0 aliphatic carbocycles. The molecule has 0 saturated heterocycles. The van der Waals surface area contributed by atoms with Crippen molar-refractivity contribution in [1.82, 2.24) is 10.6 Å². The minimum absolute atomic E-state index is 0.780. The lowest BCUT2D eigenvalue weighted by Gasteiger charge is -2.19. The highest BCUT2D eigenvalue weighted by Gasteiger charge is 2.00. The van der Waals surface area contributed by atoms with E-state index in [2.05, 4.69) is 51.8 Å². The Morgan fingerprint density at radius 2 is 1.82 bits per heavy atom. The Labute approximate surface area is 134 Å². The van der Waals surface area contributed by atoms with Crippen LogP contribution in [0.4, 0.5) is 5.69 Å². The lowest BCUT2D eigenvalue weighted by Crippen LogP contribution is -2.39. The summed E-state index contributed by atoms with van der Waals surface area (Å²) in [6, 6.07) is 10.4. The number of para-hydroxylation sites is 1. The van der Waals surface area contributed by atoms with Crippen molar-refractivity contribution in [1.29, 1.82) is 0 Å². The number of hydrogen-bond acceptors (Lipinski definition) is 3. The monoisotopic (exact) mass is 306 g/mol. The first-order valence-electron chi connectivity index (χ1n) is 8.06. The highest BCUT2D eigenvalue weighted by molar-refractivity contribution is 5.79. The third kappa shape index (κ3) is 7.88.